The van der Waals surface area contributed by atoms with Gasteiger partial charge in [0.2, 0.25) is 23.6 Å². The molecule has 1 aromatic rings. The number of hydrogen-bond donors (Lipinski definition) is 9. The molecule has 0 bridgehead atoms. The van der Waals surface area contributed by atoms with Crippen molar-refractivity contribution in [2.24, 2.45) is 11.5 Å². The first-order valence-corrected chi connectivity index (χ1v) is 10.4. The highest BCUT2D eigenvalue weighted by Gasteiger charge is 2.32. The van der Waals surface area contributed by atoms with Crippen LogP contribution in [0.15, 0.2) is 12.5 Å². The summed E-state index contributed by atoms with van der Waals surface area (Å²) in [6.45, 7) is 1.23. The molecule has 0 saturated heterocycles. The molecule has 194 valence electrons. The number of aromatic amines is 1. The maximum atomic E-state index is 12.8. The van der Waals surface area contributed by atoms with Crippen LogP contribution in [0.3, 0.4) is 0 Å². The summed E-state index contributed by atoms with van der Waals surface area (Å²) in [6, 6.07) is -6.10. The van der Waals surface area contributed by atoms with Gasteiger partial charge in [-0.1, -0.05) is 0 Å². The molecule has 0 aliphatic carbocycles. The van der Waals surface area contributed by atoms with E-state index >= 15 is 0 Å². The van der Waals surface area contributed by atoms with Crippen molar-refractivity contribution in [2.75, 3.05) is 0 Å². The van der Waals surface area contributed by atoms with E-state index in [0.717, 1.165) is 0 Å². The monoisotopic (exact) mass is 499 g/mol. The summed E-state index contributed by atoms with van der Waals surface area (Å²) in [5.74, 6) is -6.84. The summed E-state index contributed by atoms with van der Waals surface area (Å²) in [5, 5.41) is 34.5. The molecule has 0 radical (unpaired) electrons. The summed E-state index contributed by atoms with van der Waals surface area (Å²) in [4.78, 5) is 78.0. The highest BCUT2D eigenvalue weighted by molar-refractivity contribution is 5.95. The number of hydrogen-bond acceptors (Lipinski definition) is 9. The number of primary amides is 1. The number of carbonyl (C=O) groups excluding carboxylic acids is 4. The largest absolute Gasteiger partial charge is 0.481 e. The summed E-state index contributed by atoms with van der Waals surface area (Å²) in [6.07, 6.45) is -0.443. The number of rotatable bonds is 15. The molecule has 0 aliphatic heterocycles. The Morgan fingerprint density at radius 1 is 1.00 bits per heavy atom. The fraction of sp³-hybridized carbons (Fsp3) is 0.526. The van der Waals surface area contributed by atoms with Gasteiger partial charge in [-0.3, -0.25) is 24.0 Å². The van der Waals surface area contributed by atoms with Crippen LogP contribution in [-0.4, -0.2) is 91.1 Å². The van der Waals surface area contributed by atoms with Gasteiger partial charge in [0.1, 0.15) is 24.2 Å². The van der Waals surface area contributed by atoms with Gasteiger partial charge in [0.25, 0.3) is 0 Å². The average Bonchev–Trinajstić information content (AvgIpc) is 3.27. The van der Waals surface area contributed by atoms with Crippen LogP contribution >= 0.6 is 0 Å². The van der Waals surface area contributed by atoms with Gasteiger partial charge in [-0.15, -0.1) is 0 Å². The Morgan fingerprint density at radius 2 is 1.57 bits per heavy atom. The molecular weight excluding hydrogens is 470 g/mol. The Morgan fingerprint density at radius 3 is 2.06 bits per heavy atom. The first kappa shape index (κ1) is 29.0. The molecule has 4 amide bonds. The van der Waals surface area contributed by atoms with Crippen LogP contribution in [0, 0.1) is 0 Å². The van der Waals surface area contributed by atoms with Gasteiger partial charge in [-0.2, -0.15) is 0 Å². The third-order valence-corrected chi connectivity index (χ3v) is 4.74. The SMILES string of the molecule is CC(O)C(N)C(=O)NC(CCC(N)=O)C(=O)NC(CC(=O)O)C(=O)NC(Cc1cnc[nH]1)C(=O)O. The Hall–Kier alpha value is -4.05. The number of amides is 4. The quantitative estimate of drug-likeness (QED) is 0.112. The first-order valence-electron chi connectivity index (χ1n) is 10.4. The van der Waals surface area contributed by atoms with Crippen molar-refractivity contribution in [2.45, 2.75) is 62.9 Å². The van der Waals surface area contributed by atoms with Crippen molar-refractivity contribution in [3.05, 3.63) is 18.2 Å². The molecule has 16 nitrogen and oxygen atoms in total. The minimum atomic E-state index is -1.73. The number of aliphatic carboxylic acids is 2. The second kappa shape index (κ2) is 13.6. The lowest BCUT2D eigenvalue weighted by Crippen LogP contribution is -2.58. The number of carboxylic acids is 2. The molecular formula is C19H29N7O9. The number of carbonyl (C=O) groups is 6. The molecule has 35 heavy (non-hydrogen) atoms. The summed E-state index contributed by atoms with van der Waals surface area (Å²) < 4.78 is 0. The first-order chi connectivity index (χ1) is 16.3. The number of nitrogens with zero attached hydrogens (tertiary/aromatic N) is 1. The maximum Gasteiger partial charge on any atom is 0.326 e. The number of imidazole rings is 1. The fourth-order valence-electron chi connectivity index (χ4n) is 2.79. The van der Waals surface area contributed by atoms with E-state index in [-0.39, 0.29) is 19.3 Å². The number of aromatic nitrogens is 2. The Labute approximate surface area is 198 Å². The standard InChI is InChI=1S/C19H29N7O9/c1-8(27)15(21)18(33)24-10(2-3-13(20)28)16(31)25-11(5-14(29)30)17(32)26-12(19(34)35)4-9-6-22-7-23-9/h6-8,10-12,15,27H,2-5,21H2,1H3,(H2,20,28)(H,22,23)(H,24,33)(H,25,31)(H,26,32)(H,29,30)(H,34,35). The van der Waals surface area contributed by atoms with Crippen molar-refractivity contribution in [1.82, 2.24) is 25.9 Å². The highest BCUT2D eigenvalue weighted by Crippen LogP contribution is 2.04. The molecule has 0 aliphatic rings. The van der Waals surface area contributed by atoms with Crippen LogP contribution in [0.2, 0.25) is 0 Å². The Balaban J connectivity index is 3.02. The molecule has 5 atom stereocenters. The molecule has 0 fully saturated rings. The van der Waals surface area contributed by atoms with Crippen LogP contribution in [0.1, 0.15) is 31.9 Å². The van der Waals surface area contributed by atoms with Gasteiger partial charge >= 0.3 is 11.9 Å². The molecule has 1 aromatic heterocycles. The summed E-state index contributed by atoms with van der Waals surface area (Å²) >= 11 is 0. The zero-order chi connectivity index (χ0) is 26.7. The topological polar surface area (TPSA) is 280 Å². The summed E-state index contributed by atoms with van der Waals surface area (Å²) in [5.41, 5.74) is 11.0. The third kappa shape index (κ3) is 10.2. The number of carboxylic acid groups (broad SMARTS) is 2. The Bertz CT molecular complexity index is 920. The molecule has 11 N–H and O–H groups in total. The van der Waals surface area contributed by atoms with E-state index in [4.69, 9.17) is 16.6 Å². The number of H-pyrrole nitrogens is 1. The van der Waals surface area contributed by atoms with E-state index in [1.165, 1.54) is 19.4 Å². The van der Waals surface area contributed by atoms with E-state index in [1.807, 2.05) is 0 Å². The van der Waals surface area contributed by atoms with Gasteiger partial charge in [-0.25, -0.2) is 9.78 Å². The zero-order valence-electron chi connectivity index (χ0n) is 18.8. The van der Waals surface area contributed by atoms with Crippen molar-refractivity contribution in [3.63, 3.8) is 0 Å². The van der Waals surface area contributed by atoms with Crippen molar-refractivity contribution < 1.29 is 44.1 Å². The van der Waals surface area contributed by atoms with Crippen LogP contribution in [-0.2, 0) is 35.2 Å². The zero-order valence-corrected chi connectivity index (χ0v) is 18.8. The number of aliphatic hydroxyl groups is 1. The van der Waals surface area contributed by atoms with Gasteiger partial charge in [0.15, 0.2) is 0 Å². The molecule has 5 unspecified atom stereocenters. The lowest BCUT2D eigenvalue weighted by molar-refractivity contribution is -0.143. The molecule has 0 aromatic carbocycles. The van der Waals surface area contributed by atoms with Crippen LogP contribution in [0.4, 0.5) is 0 Å². The minimum absolute atomic E-state index is 0.205. The molecule has 0 spiro atoms. The van der Waals surface area contributed by atoms with Crippen molar-refractivity contribution in [3.8, 4) is 0 Å². The molecule has 1 rings (SSSR count). The second-order valence-corrected chi connectivity index (χ2v) is 7.67. The third-order valence-electron chi connectivity index (χ3n) is 4.74. The number of nitrogens with one attached hydrogen (secondary N) is 4. The predicted octanol–water partition coefficient (Wildman–Crippen LogP) is -4.06. The van der Waals surface area contributed by atoms with Crippen LogP contribution in [0.5, 0.6) is 0 Å². The number of aliphatic hydroxyl groups excluding tert-OH is 1. The molecule has 1 heterocycles. The van der Waals surface area contributed by atoms with E-state index < -0.39 is 72.3 Å². The Kier molecular flexibility index (Phi) is 11.3. The lowest BCUT2D eigenvalue weighted by Gasteiger charge is -2.24. The fourth-order valence-corrected chi connectivity index (χ4v) is 2.79. The lowest BCUT2D eigenvalue weighted by atomic mass is 10.1. The van der Waals surface area contributed by atoms with E-state index in [0.29, 0.717) is 5.69 Å². The predicted molar refractivity (Wildman–Crippen MR) is 116 cm³/mol. The average molecular weight is 499 g/mol. The highest BCUT2D eigenvalue weighted by atomic mass is 16.4. The van der Waals surface area contributed by atoms with Crippen molar-refractivity contribution in [1.29, 1.82) is 0 Å². The maximum absolute atomic E-state index is 12.8. The van der Waals surface area contributed by atoms with Crippen LogP contribution in [0.25, 0.3) is 0 Å². The van der Waals surface area contributed by atoms with Gasteiger partial charge in [-0.05, 0) is 13.3 Å². The van der Waals surface area contributed by atoms with E-state index in [9.17, 15) is 39.0 Å². The van der Waals surface area contributed by atoms with Gasteiger partial charge in [0.05, 0.1) is 18.9 Å². The van der Waals surface area contributed by atoms with E-state index in [1.54, 1.807) is 0 Å². The van der Waals surface area contributed by atoms with Gasteiger partial charge in [0, 0.05) is 24.7 Å². The normalized spacial score (nSPS) is 15.1. The molecule has 0 saturated carbocycles. The smallest absolute Gasteiger partial charge is 0.326 e. The summed E-state index contributed by atoms with van der Waals surface area (Å²) in [7, 11) is 0. The van der Waals surface area contributed by atoms with Gasteiger partial charge < -0.3 is 47.7 Å². The van der Waals surface area contributed by atoms with Crippen LogP contribution < -0.4 is 27.4 Å². The second-order valence-electron chi connectivity index (χ2n) is 7.67. The molecule has 16 heteroatoms. The van der Waals surface area contributed by atoms with Crippen molar-refractivity contribution >= 4 is 35.6 Å². The minimum Gasteiger partial charge on any atom is -0.481 e. The van der Waals surface area contributed by atoms with E-state index in [2.05, 4.69) is 25.9 Å². The number of nitrogens with two attached hydrogens (primary N) is 2.